The fourth-order valence-electron chi connectivity index (χ4n) is 2.64. The molecule has 1 aliphatic carbocycles. The number of amides is 1. The zero-order valence-electron chi connectivity index (χ0n) is 15.0. The summed E-state index contributed by atoms with van der Waals surface area (Å²) in [5.74, 6) is -0.557. The molecule has 150 valence electrons. The summed E-state index contributed by atoms with van der Waals surface area (Å²) >= 11 is 0. The van der Waals surface area contributed by atoms with Crippen LogP contribution in [0.5, 0.6) is 0 Å². The topological polar surface area (TPSA) is 75.3 Å². The average molecular weight is 412 g/mol. The summed E-state index contributed by atoms with van der Waals surface area (Å²) in [5.41, 5.74) is 0.215. The lowest BCUT2D eigenvalue weighted by atomic mass is 10.1. The fraction of sp³-hybridized carbons (Fsp3) is 0.316. The maximum Gasteiger partial charge on any atom is 0.416 e. The Hall–Kier alpha value is -2.39. The van der Waals surface area contributed by atoms with Crippen LogP contribution in [0, 0.1) is 6.92 Å². The Kier molecular flexibility index (Phi) is 5.49. The molecule has 28 heavy (non-hydrogen) atoms. The molecule has 9 heteroatoms. The third kappa shape index (κ3) is 4.90. The normalized spacial score (nSPS) is 14.7. The average Bonchev–Trinajstić information content (AvgIpc) is 3.42. The van der Waals surface area contributed by atoms with Crippen molar-refractivity contribution in [2.45, 2.75) is 43.4 Å². The van der Waals surface area contributed by atoms with Crippen molar-refractivity contribution < 1.29 is 26.4 Å². The van der Waals surface area contributed by atoms with Gasteiger partial charge < -0.3 is 5.32 Å². The summed E-state index contributed by atoms with van der Waals surface area (Å²) < 4.78 is 65.6. The van der Waals surface area contributed by atoms with Crippen molar-refractivity contribution in [1.82, 2.24) is 10.0 Å². The number of carbonyl (C=O) groups is 1. The van der Waals surface area contributed by atoms with Crippen LogP contribution in [0.25, 0.3) is 0 Å². The number of nitrogens with one attached hydrogen (secondary N) is 2. The Morgan fingerprint density at radius 2 is 1.86 bits per heavy atom. The van der Waals surface area contributed by atoms with Gasteiger partial charge in [0, 0.05) is 18.2 Å². The SMILES string of the molecule is Cc1ccc(S(=O)(=O)NC2CC2)cc1C(=O)NCc1cccc(C(F)(F)F)c1. The van der Waals surface area contributed by atoms with Gasteiger partial charge in [-0.1, -0.05) is 18.2 Å². The largest absolute Gasteiger partial charge is 0.416 e. The lowest BCUT2D eigenvalue weighted by molar-refractivity contribution is -0.137. The van der Waals surface area contributed by atoms with Crippen molar-refractivity contribution in [3.63, 3.8) is 0 Å². The number of benzene rings is 2. The second-order valence-electron chi connectivity index (χ2n) is 6.75. The van der Waals surface area contributed by atoms with E-state index in [1.165, 1.54) is 30.3 Å². The molecule has 0 aliphatic heterocycles. The predicted octanol–water partition coefficient (Wildman–Crippen LogP) is 3.38. The lowest BCUT2D eigenvalue weighted by Gasteiger charge is -2.12. The standard InChI is InChI=1S/C19H19F3N2O3S/c1-12-5-8-16(28(26,27)24-15-6-7-15)10-17(12)18(25)23-11-13-3-2-4-14(9-13)19(20,21)22/h2-5,8-10,15,24H,6-7,11H2,1H3,(H,23,25). The molecule has 0 bridgehead atoms. The number of hydrogen-bond acceptors (Lipinski definition) is 3. The van der Waals surface area contributed by atoms with Crippen LogP contribution in [0.1, 0.15) is 39.9 Å². The molecule has 0 heterocycles. The summed E-state index contributed by atoms with van der Waals surface area (Å²) in [5, 5.41) is 2.55. The van der Waals surface area contributed by atoms with Gasteiger partial charge in [-0.15, -0.1) is 0 Å². The first kappa shape index (κ1) is 20.3. The molecule has 3 rings (SSSR count). The van der Waals surface area contributed by atoms with Crippen LogP contribution in [0.2, 0.25) is 0 Å². The highest BCUT2D eigenvalue weighted by atomic mass is 32.2. The number of halogens is 3. The van der Waals surface area contributed by atoms with Gasteiger partial charge in [0.25, 0.3) is 5.91 Å². The zero-order valence-corrected chi connectivity index (χ0v) is 15.8. The first-order valence-electron chi connectivity index (χ1n) is 8.63. The van der Waals surface area contributed by atoms with E-state index < -0.39 is 27.7 Å². The highest BCUT2D eigenvalue weighted by Crippen LogP contribution is 2.29. The van der Waals surface area contributed by atoms with Crippen LogP contribution < -0.4 is 10.0 Å². The van der Waals surface area contributed by atoms with Crippen molar-refractivity contribution in [3.8, 4) is 0 Å². The van der Waals surface area contributed by atoms with Gasteiger partial charge in [0.05, 0.1) is 10.5 Å². The molecule has 2 aromatic carbocycles. The minimum Gasteiger partial charge on any atom is -0.348 e. The van der Waals surface area contributed by atoms with Gasteiger partial charge in [-0.05, 0) is 55.2 Å². The molecule has 2 N–H and O–H groups in total. The van der Waals surface area contributed by atoms with E-state index in [9.17, 15) is 26.4 Å². The molecule has 2 aromatic rings. The number of rotatable bonds is 6. The Balaban J connectivity index is 1.75. The van der Waals surface area contributed by atoms with Gasteiger partial charge in [0.1, 0.15) is 0 Å². The smallest absolute Gasteiger partial charge is 0.348 e. The molecular weight excluding hydrogens is 393 g/mol. The van der Waals surface area contributed by atoms with Crippen molar-refractivity contribution in [1.29, 1.82) is 0 Å². The van der Waals surface area contributed by atoms with Gasteiger partial charge in [-0.2, -0.15) is 13.2 Å². The first-order valence-corrected chi connectivity index (χ1v) is 10.1. The molecule has 0 unspecified atom stereocenters. The quantitative estimate of drug-likeness (QED) is 0.764. The molecular formula is C19H19F3N2O3S. The Morgan fingerprint density at radius 1 is 1.14 bits per heavy atom. The van der Waals surface area contributed by atoms with E-state index in [-0.39, 0.29) is 23.0 Å². The molecule has 0 saturated heterocycles. The highest BCUT2D eigenvalue weighted by Gasteiger charge is 2.30. The molecule has 1 amide bonds. The molecule has 1 aliphatic rings. The highest BCUT2D eigenvalue weighted by molar-refractivity contribution is 7.89. The summed E-state index contributed by atoms with van der Waals surface area (Å²) in [6.07, 6.45) is -2.89. The Bertz CT molecular complexity index is 1000. The third-order valence-electron chi connectivity index (χ3n) is 4.37. The number of carbonyl (C=O) groups excluding carboxylic acids is 1. The zero-order chi connectivity index (χ0) is 20.5. The van der Waals surface area contributed by atoms with E-state index in [0.29, 0.717) is 11.1 Å². The summed E-state index contributed by atoms with van der Waals surface area (Å²) in [4.78, 5) is 12.5. The summed E-state index contributed by atoms with van der Waals surface area (Å²) in [6, 6.07) is 8.83. The first-order chi connectivity index (χ1) is 13.1. The van der Waals surface area contributed by atoms with Gasteiger partial charge in [-0.3, -0.25) is 4.79 Å². The van der Waals surface area contributed by atoms with Crippen LogP contribution in [-0.2, 0) is 22.7 Å². The van der Waals surface area contributed by atoms with E-state index >= 15 is 0 Å². The Labute approximate surface area is 161 Å². The molecule has 5 nitrogen and oxygen atoms in total. The van der Waals surface area contributed by atoms with Crippen LogP contribution in [0.3, 0.4) is 0 Å². The maximum atomic E-state index is 12.8. The number of aryl methyl sites for hydroxylation is 1. The van der Waals surface area contributed by atoms with Crippen molar-refractivity contribution in [2.24, 2.45) is 0 Å². The molecule has 0 aromatic heterocycles. The van der Waals surface area contributed by atoms with Crippen LogP contribution in [0.4, 0.5) is 13.2 Å². The summed E-state index contributed by atoms with van der Waals surface area (Å²) in [6.45, 7) is 1.55. The van der Waals surface area contributed by atoms with Crippen molar-refractivity contribution in [3.05, 3.63) is 64.7 Å². The molecule has 0 spiro atoms. The Morgan fingerprint density at radius 3 is 2.50 bits per heavy atom. The van der Waals surface area contributed by atoms with E-state index in [0.717, 1.165) is 25.0 Å². The van der Waals surface area contributed by atoms with Gasteiger partial charge in [0.2, 0.25) is 10.0 Å². The molecule has 1 saturated carbocycles. The molecule has 1 fully saturated rings. The minimum atomic E-state index is -4.46. The number of hydrogen-bond donors (Lipinski definition) is 2. The second kappa shape index (κ2) is 7.56. The fourth-order valence-corrected chi connectivity index (χ4v) is 3.97. The number of sulfonamides is 1. The third-order valence-corrected chi connectivity index (χ3v) is 5.89. The van der Waals surface area contributed by atoms with Gasteiger partial charge in [-0.25, -0.2) is 13.1 Å². The number of alkyl halides is 3. The monoisotopic (exact) mass is 412 g/mol. The van der Waals surface area contributed by atoms with E-state index in [2.05, 4.69) is 10.0 Å². The minimum absolute atomic E-state index is 0.0192. The van der Waals surface area contributed by atoms with Crippen LogP contribution in [0.15, 0.2) is 47.4 Å². The van der Waals surface area contributed by atoms with Crippen LogP contribution >= 0.6 is 0 Å². The lowest BCUT2D eigenvalue weighted by Crippen LogP contribution is -2.27. The van der Waals surface area contributed by atoms with E-state index in [1.54, 1.807) is 6.92 Å². The van der Waals surface area contributed by atoms with Gasteiger partial charge >= 0.3 is 6.18 Å². The van der Waals surface area contributed by atoms with Crippen molar-refractivity contribution >= 4 is 15.9 Å². The van der Waals surface area contributed by atoms with E-state index in [1.807, 2.05) is 0 Å². The maximum absolute atomic E-state index is 12.8. The van der Waals surface area contributed by atoms with Crippen molar-refractivity contribution in [2.75, 3.05) is 0 Å². The molecule has 0 atom stereocenters. The molecule has 0 radical (unpaired) electrons. The van der Waals surface area contributed by atoms with E-state index in [4.69, 9.17) is 0 Å². The summed E-state index contributed by atoms with van der Waals surface area (Å²) in [7, 11) is -3.71. The van der Waals surface area contributed by atoms with Crippen LogP contribution in [-0.4, -0.2) is 20.4 Å². The van der Waals surface area contributed by atoms with Gasteiger partial charge in [0.15, 0.2) is 0 Å². The predicted molar refractivity (Wildman–Crippen MR) is 97.1 cm³/mol. The second-order valence-corrected chi connectivity index (χ2v) is 8.47.